The SMILES string of the molecule is COC(=O)c1cc2ccccc2n1-c1ccc(F)[c-]c1F.COC(=O)c1cc2ccccc2n1-c1ccc(F)[c-]c1F.[C-]1=CC=CC1.[C-]1=CC=CC1.[Ti+4]. The molecule has 0 N–H and O–H groups in total. The second kappa shape index (κ2) is 19.2. The van der Waals surface area contributed by atoms with Gasteiger partial charge in [0.2, 0.25) is 0 Å². The summed E-state index contributed by atoms with van der Waals surface area (Å²) in [6.45, 7) is 0. The molecule has 0 saturated carbocycles. The van der Waals surface area contributed by atoms with E-state index in [2.05, 4.69) is 24.3 Å². The minimum Gasteiger partial charge on any atom is -0.464 e. The van der Waals surface area contributed by atoms with Gasteiger partial charge in [-0.15, -0.1) is 49.2 Å². The first kappa shape index (κ1) is 40.1. The van der Waals surface area contributed by atoms with Gasteiger partial charge in [-0.3, -0.25) is 12.2 Å². The van der Waals surface area contributed by atoms with Crippen molar-refractivity contribution >= 4 is 33.7 Å². The van der Waals surface area contributed by atoms with Crippen LogP contribution in [0.2, 0.25) is 0 Å². The van der Waals surface area contributed by atoms with Gasteiger partial charge in [0.1, 0.15) is 11.4 Å². The average molecular weight is 751 g/mol. The molecule has 0 aliphatic heterocycles. The third-order valence-corrected chi connectivity index (χ3v) is 7.55. The number of para-hydroxylation sites is 2. The van der Waals surface area contributed by atoms with E-state index in [0.29, 0.717) is 11.0 Å². The van der Waals surface area contributed by atoms with E-state index >= 15 is 0 Å². The van der Waals surface area contributed by atoms with Crippen molar-refractivity contribution in [1.82, 2.24) is 9.13 Å². The van der Waals surface area contributed by atoms with Crippen LogP contribution in [0, 0.1) is 47.6 Å². The van der Waals surface area contributed by atoms with Crippen LogP contribution in [0.15, 0.2) is 121 Å². The average Bonchev–Trinajstić information content (AvgIpc) is 4.00. The first-order valence-electron chi connectivity index (χ1n) is 15.8. The van der Waals surface area contributed by atoms with Gasteiger partial charge in [-0.2, -0.15) is 12.2 Å². The van der Waals surface area contributed by atoms with Crippen molar-refractivity contribution in [3.8, 4) is 11.4 Å². The van der Waals surface area contributed by atoms with Gasteiger partial charge in [0.15, 0.2) is 0 Å². The van der Waals surface area contributed by atoms with Gasteiger partial charge in [0, 0.05) is 34.3 Å². The van der Waals surface area contributed by atoms with Crippen LogP contribution in [0.5, 0.6) is 0 Å². The van der Waals surface area contributed by atoms with E-state index in [9.17, 15) is 27.2 Å². The molecule has 0 spiro atoms. The van der Waals surface area contributed by atoms with Crippen LogP contribution < -0.4 is 0 Å². The molecule has 0 bridgehead atoms. The number of rotatable bonds is 4. The van der Waals surface area contributed by atoms with Crippen LogP contribution in [0.25, 0.3) is 33.2 Å². The van der Waals surface area contributed by atoms with E-state index < -0.39 is 35.2 Å². The summed E-state index contributed by atoms with van der Waals surface area (Å²) < 4.78 is 66.3. The van der Waals surface area contributed by atoms with E-state index in [1.54, 1.807) is 60.7 Å². The molecule has 0 radical (unpaired) electrons. The van der Waals surface area contributed by atoms with Gasteiger partial charge < -0.3 is 18.6 Å². The second-order valence-corrected chi connectivity index (χ2v) is 10.8. The Bertz CT molecular complexity index is 2160. The van der Waals surface area contributed by atoms with E-state index in [-0.39, 0.29) is 44.5 Å². The van der Waals surface area contributed by atoms with E-state index in [1.807, 2.05) is 36.4 Å². The number of carbonyl (C=O) groups excluding carboxylic acids is 2. The standard InChI is InChI=1S/2C16H10F2NO2.2C5H5.Ti/c2*1-21-16(20)15-8-10-4-2-3-5-13(10)19(15)14-7-6-11(17)9-12(14)18;2*1-2-4-5-3-1;/h2*2-8H,1H3;2*1-3H,4H2;/q4*-1;+4. The summed E-state index contributed by atoms with van der Waals surface area (Å²) in [5, 5.41) is 1.50. The molecule has 2 aliphatic rings. The Hall–Kier alpha value is -5.71. The third-order valence-electron chi connectivity index (χ3n) is 7.55. The number of fused-ring (bicyclic) bond motifs is 2. The molecule has 8 rings (SSSR count). The number of aromatic nitrogens is 2. The van der Waals surface area contributed by atoms with Crippen molar-refractivity contribution in [3.05, 3.63) is 180 Å². The van der Waals surface area contributed by atoms with Crippen LogP contribution in [-0.2, 0) is 31.2 Å². The van der Waals surface area contributed by atoms with Crippen LogP contribution in [-0.4, -0.2) is 35.3 Å². The quantitative estimate of drug-likeness (QED) is 0.0780. The number of ether oxygens (including phenoxy) is 2. The predicted octanol–water partition coefficient (Wildman–Crippen LogP) is 9.60. The number of benzene rings is 4. The topological polar surface area (TPSA) is 62.5 Å². The molecule has 2 aliphatic carbocycles. The van der Waals surface area contributed by atoms with Crippen molar-refractivity contribution in [2.75, 3.05) is 14.2 Å². The van der Waals surface area contributed by atoms with Crippen molar-refractivity contribution < 1.29 is 58.3 Å². The molecule has 6 aromatic rings. The molecular formula is C42H30F4N2O4Ti. The fourth-order valence-electron chi connectivity index (χ4n) is 5.24. The fraction of sp³-hybridized carbons (Fsp3) is 0.0952. The summed E-state index contributed by atoms with van der Waals surface area (Å²) in [6.07, 6.45) is 20.0. The van der Waals surface area contributed by atoms with Crippen LogP contribution in [0.1, 0.15) is 33.8 Å². The summed E-state index contributed by atoms with van der Waals surface area (Å²) in [4.78, 5) is 23.8. The largest absolute Gasteiger partial charge is 4.00 e. The van der Waals surface area contributed by atoms with Gasteiger partial charge in [-0.25, -0.2) is 51.5 Å². The molecule has 0 fully saturated rings. The Balaban J connectivity index is 0.000000184. The first-order chi connectivity index (χ1) is 25.2. The minimum absolute atomic E-state index is 0. The number of esters is 2. The molecule has 11 heteroatoms. The number of nitrogens with zero attached hydrogens (tertiary/aromatic N) is 2. The van der Waals surface area contributed by atoms with E-state index in [0.717, 1.165) is 35.7 Å². The van der Waals surface area contributed by atoms with Crippen molar-refractivity contribution in [2.24, 2.45) is 0 Å². The smallest absolute Gasteiger partial charge is 0.464 e. The molecule has 0 amide bonds. The second-order valence-electron chi connectivity index (χ2n) is 10.8. The van der Waals surface area contributed by atoms with Crippen molar-refractivity contribution in [3.63, 3.8) is 0 Å². The summed E-state index contributed by atoms with van der Waals surface area (Å²) >= 11 is 0. The molecule has 264 valence electrons. The predicted molar refractivity (Wildman–Crippen MR) is 190 cm³/mol. The van der Waals surface area contributed by atoms with Crippen LogP contribution in [0.4, 0.5) is 17.6 Å². The maximum Gasteiger partial charge on any atom is 4.00 e. The monoisotopic (exact) mass is 750 g/mol. The number of hydrogen-bond donors (Lipinski definition) is 0. The molecule has 6 nitrogen and oxygen atoms in total. The summed E-state index contributed by atoms with van der Waals surface area (Å²) in [6, 6.07) is 26.1. The zero-order chi connectivity index (χ0) is 37.0. The van der Waals surface area contributed by atoms with Gasteiger partial charge in [0.05, 0.1) is 14.2 Å². The Morgan fingerprint density at radius 3 is 1.30 bits per heavy atom. The number of halogens is 4. The maximum absolute atomic E-state index is 14.0. The van der Waals surface area contributed by atoms with Crippen molar-refractivity contribution in [1.29, 1.82) is 0 Å². The number of methoxy groups -OCH3 is 2. The van der Waals surface area contributed by atoms with E-state index in [1.165, 1.54) is 35.5 Å². The molecule has 4 aromatic carbocycles. The van der Waals surface area contributed by atoms with Crippen LogP contribution >= 0.6 is 0 Å². The molecule has 2 aromatic heterocycles. The Kier molecular flexibility index (Phi) is 14.5. The van der Waals surface area contributed by atoms with Gasteiger partial charge in [-0.05, 0) is 46.4 Å². The van der Waals surface area contributed by atoms with Gasteiger partial charge >= 0.3 is 33.7 Å². The Morgan fingerprint density at radius 2 is 1.00 bits per heavy atom. The van der Waals surface area contributed by atoms with Crippen molar-refractivity contribution in [2.45, 2.75) is 12.8 Å². The molecule has 2 heterocycles. The van der Waals surface area contributed by atoms with Gasteiger partial charge in [-0.1, -0.05) is 36.4 Å². The van der Waals surface area contributed by atoms with Gasteiger partial charge in [0.25, 0.3) is 0 Å². The minimum atomic E-state index is -0.874. The number of hydrogen-bond acceptors (Lipinski definition) is 4. The molecule has 53 heavy (non-hydrogen) atoms. The summed E-state index contributed by atoms with van der Waals surface area (Å²) in [7, 11) is 2.50. The Morgan fingerprint density at radius 1 is 0.604 bits per heavy atom. The normalized spacial score (nSPS) is 11.9. The molecular weight excluding hydrogens is 720 g/mol. The molecule has 0 atom stereocenters. The first-order valence-corrected chi connectivity index (χ1v) is 15.8. The zero-order valence-electron chi connectivity index (χ0n) is 28.5. The fourth-order valence-corrected chi connectivity index (χ4v) is 5.24. The number of allylic oxidation sites excluding steroid dienone is 8. The maximum atomic E-state index is 14.0. The van der Waals surface area contributed by atoms with Crippen LogP contribution in [0.3, 0.4) is 0 Å². The Labute approximate surface area is 318 Å². The summed E-state index contributed by atoms with van der Waals surface area (Å²) in [5.41, 5.74) is 1.65. The number of carbonyl (C=O) groups is 2. The zero-order valence-corrected chi connectivity index (χ0v) is 30.1. The molecule has 0 saturated heterocycles. The third kappa shape index (κ3) is 9.80. The summed E-state index contributed by atoms with van der Waals surface area (Å²) in [5.74, 6) is -4.55. The van der Waals surface area contributed by atoms with E-state index in [4.69, 9.17) is 9.47 Å². The molecule has 0 unspecified atom stereocenters.